The summed E-state index contributed by atoms with van der Waals surface area (Å²) in [6.07, 6.45) is 1.52. The molecule has 1 aromatic carbocycles. The molecule has 0 aliphatic heterocycles. The van der Waals surface area contributed by atoms with Crippen molar-refractivity contribution in [2.24, 2.45) is 18.5 Å². The van der Waals surface area contributed by atoms with Gasteiger partial charge in [-0.1, -0.05) is 0 Å². The van der Waals surface area contributed by atoms with E-state index in [1.165, 1.54) is 23.0 Å². The van der Waals surface area contributed by atoms with Gasteiger partial charge >= 0.3 is 5.97 Å². The number of carbonyl (C=O) groups is 2. The summed E-state index contributed by atoms with van der Waals surface area (Å²) >= 11 is 0. The summed E-state index contributed by atoms with van der Waals surface area (Å²) in [5, 5.41) is 13.5. The summed E-state index contributed by atoms with van der Waals surface area (Å²) in [6.45, 7) is 0.477. The van der Waals surface area contributed by atoms with Crippen LogP contribution >= 0.6 is 0 Å². The molecule has 22 heavy (non-hydrogen) atoms. The molecule has 0 saturated carbocycles. The topological polar surface area (TPSA) is 133 Å². The molecule has 8 nitrogen and oxygen atoms in total. The fourth-order valence-corrected chi connectivity index (χ4v) is 2.17. The second-order valence-electron chi connectivity index (χ2n) is 4.51. The summed E-state index contributed by atoms with van der Waals surface area (Å²) in [5.74, 6) is -1.80. The number of aromatic carboxylic acids is 1. The molecule has 116 valence electrons. The Morgan fingerprint density at radius 3 is 2.59 bits per heavy atom. The molecule has 0 radical (unpaired) electrons. The Balaban J connectivity index is 2.78. The van der Waals surface area contributed by atoms with E-state index in [1.54, 1.807) is 13.1 Å². The van der Waals surface area contributed by atoms with Crippen molar-refractivity contribution >= 4 is 11.9 Å². The van der Waals surface area contributed by atoms with Crippen LogP contribution in [0.4, 0.5) is 0 Å². The zero-order chi connectivity index (χ0) is 16.3. The number of nitrogens with two attached hydrogens (primary N) is 2. The number of amides is 1. The van der Waals surface area contributed by atoms with Gasteiger partial charge in [-0.05, 0) is 18.2 Å². The molecule has 2 rings (SSSR count). The minimum Gasteiger partial charge on any atom is -0.492 e. The minimum absolute atomic E-state index is 0.0937. The van der Waals surface area contributed by atoms with Gasteiger partial charge in [0.05, 0.1) is 22.4 Å². The van der Waals surface area contributed by atoms with Gasteiger partial charge in [0.1, 0.15) is 12.4 Å². The number of carbonyl (C=O) groups excluding carboxylic acids is 1. The Labute approximate surface area is 126 Å². The second kappa shape index (κ2) is 6.27. The van der Waals surface area contributed by atoms with Gasteiger partial charge in [0.2, 0.25) is 5.91 Å². The normalized spacial score (nSPS) is 10.5. The van der Waals surface area contributed by atoms with Gasteiger partial charge in [0.15, 0.2) is 0 Å². The van der Waals surface area contributed by atoms with Crippen LogP contribution in [0.25, 0.3) is 11.3 Å². The van der Waals surface area contributed by atoms with Crippen molar-refractivity contribution in [1.82, 2.24) is 9.78 Å². The van der Waals surface area contributed by atoms with Gasteiger partial charge < -0.3 is 21.3 Å². The Hall–Kier alpha value is -2.87. The maximum Gasteiger partial charge on any atom is 0.337 e. The number of ether oxygens (including phenoxy) is 1. The van der Waals surface area contributed by atoms with Crippen LogP contribution in [0.2, 0.25) is 0 Å². The summed E-state index contributed by atoms with van der Waals surface area (Å²) in [7, 11) is 1.66. The number of aromatic nitrogens is 2. The van der Waals surface area contributed by atoms with Crippen molar-refractivity contribution in [2.75, 3.05) is 13.2 Å². The smallest absolute Gasteiger partial charge is 0.337 e. The van der Waals surface area contributed by atoms with Gasteiger partial charge in [0, 0.05) is 19.8 Å². The van der Waals surface area contributed by atoms with Crippen LogP contribution < -0.4 is 16.2 Å². The SMILES string of the molecule is Cn1nccc1-c1c(OCCN)ccc(C(N)=O)c1C(=O)O. The van der Waals surface area contributed by atoms with Crippen molar-refractivity contribution in [3.05, 3.63) is 35.5 Å². The molecule has 1 aromatic heterocycles. The summed E-state index contributed by atoms with van der Waals surface area (Å²) in [4.78, 5) is 23.2. The van der Waals surface area contributed by atoms with E-state index in [9.17, 15) is 14.7 Å². The molecule has 1 heterocycles. The van der Waals surface area contributed by atoms with E-state index in [2.05, 4.69) is 5.10 Å². The first-order valence-electron chi connectivity index (χ1n) is 6.48. The first-order chi connectivity index (χ1) is 10.5. The highest BCUT2D eigenvalue weighted by molar-refractivity contribution is 6.09. The van der Waals surface area contributed by atoms with Gasteiger partial charge in [-0.25, -0.2) is 4.79 Å². The molecular weight excluding hydrogens is 288 g/mol. The van der Waals surface area contributed by atoms with E-state index < -0.39 is 11.9 Å². The molecule has 5 N–H and O–H groups in total. The average molecular weight is 304 g/mol. The van der Waals surface area contributed by atoms with E-state index in [0.29, 0.717) is 11.4 Å². The zero-order valence-electron chi connectivity index (χ0n) is 11.9. The molecule has 0 aliphatic carbocycles. The van der Waals surface area contributed by atoms with E-state index in [4.69, 9.17) is 16.2 Å². The van der Waals surface area contributed by atoms with Crippen LogP contribution in [-0.4, -0.2) is 39.9 Å². The summed E-state index contributed by atoms with van der Waals surface area (Å²) in [5.41, 5.74) is 11.1. The first-order valence-corrected chi connectivity index (χ1v) is 6.48. The highest BCUT2D eigenvalue weighted by atomic mass is 16.5. The predicted molar refractivity (Wildman–Crippen MR) is 78.7 cm³/mol. The van der Waals surface area contributed by atoms with Crippen molar-refractivity contribution < 1.29 is 19.4 Å². The molecule has 0 unspecified atom stereocenters. The molecule has 2 aromatic rings. The van der Waals surface area contributed by atoms with Crippen LogP contribution in [0.15, 0.2) is 24.4 Å². The standard InChI is InChI=1S/C14H16N4O4/c1-18-9(4-6-17-18)12-10(22-7-5-15)3-2-8(13(16)19)11(12)14(20)21/h2-4,6H,5,7,15H2,1H3,(H2,16,19)(H,20,21). The molecule has 8 heteroatoms. The molecular formula is C14H16N4O4. The lowest BCUT2D eigenvalue weighted by Crippen LogP contribution is -2.19. The molecule has 0 bridgehead atoms. The fourth-order valence-electron chi connectivity index (χ4n) is 2.17. The maximum absolute atomic E-state index is 11.7. The molecule has 0 aliphatic rings. The number of hydrogen-bond donors (Lipinski definition) is 3. The number of rotatable bonds is 6. The van der Waals surface area contributed by atoms with Crippen molar-refractivity contribution in [1.29, 1.82) is 0 Å². The van der Waals surface area contributed by atoms with Gasteiger partial charge in [0.25, 0.3) is 0 Å². The Bertz CT molecular complexity index is 724. The molecule has 0 spiro atoms. The third-order valence-electron chi connectivity index (χ3n) is 3.10. The Morgan fingerprint density at radius 2 is 2.09 bits per heavy atom. The first kappa shape index (κ1) is 15.5. The monoisotopic (exact) mass is 304 g/mol. The van der Waals surface area contributed by atoms with E-state index in [1.807, 2.05) is 0 Å². The third-order valence-corrected chi connectivity index (χ3v) is 3.10. The summed E-state index contributed by atoms with van der Waals surface area (Å²) < 4.78 is 7.00. The number of hydrogen-bond acceptors (Lipinski definition) is 5. The zero-order valence-corrected chi connectivity index (χ0v) is 11.9. The lowest BCUT2D eigenvalue weighted by molar-refractivity contribution is 0.0692. The number of benzene rings is 1. The van der Waals surface area contributed by atoms with Gasteiger partial charge in [-0.3, -0.25) is 9.48 Å². The summed E-state index contributed by atoms with van der Waals surface area (Å²) in [6, 6.07) is 4.46. The lowest BCUT2D eigenvalue weighted by Gasteiger charge is -2.16. The molecule has 1 amide bonds. The van der Waals surface area contributed by atoms with Gasteiger partial charge in [-0.15, -0.1) is 0 Å². The maximum atomic E-state index is 11.7. The van der Waals surface area contributed by atoms with Crippen LogP contribution in [-0.2, 0) is 7.05 Å². The molecule has 0 saturated heterocycles. The molecule has 0 fully saturated rings. The Kier molecular flexibility index (Phi) is 4.42. The van der Waals surface area contributed by atoms with Crippen molar-refractivity contribution in [3.8, 4) is 17.0 Å². The largest absolute Gasteiger partial charge is 0.492 e. The van der Waals surface area contributed by atoms with Crippen molar-refractivity contribution in [3.63, 3.8) is 0 Å². The van der Waals surface area contributed by atoms with Gasteiger partial charge in [-0.2, -0.15) is 5.10 Å². The van der Waals surface area contributed by atoms with E-state index in [-0.39, 0.29) is 29.8 Å². The quantitative estimate of drug-likeness (QED) is 0.699. The van der Waals surface area contributed by atoms with Crippen LogP contribution in [0.3, 0.4) is 0 Å². The number of aryl methyl sites for hydroxylation is 1. The third kappa shape index (κ3) is 2.77. The number of primary amides is 1. The lowest BCUT2D eigenvalue weighted by atomic mass is 9.97. The van der Waals surface area contributed by atoms with Crippen LogP contribution in [0.1, 0.15) is 20.7 Å². The number of carboxylic acid groups (broad SMARTS) is 1. The van der Waals surface area contributed by atoms with Crippen molar-refractivity contribution in [2.45, 2.75) is 0 Å². The molecule has 0 atom stereocenters. The fraction of sp³-hybridized carbons (Fsp3) is 0.214. The van der Waals surface area contributed by atoms with E-state index >= 15 is 0 Å². The Morgan fingerprint density at radius 1 is 1.36 bits per heavy atom. The number of nitrogens with zero attached hydrogens (tertiary/aromatic N) is 2. The van der Waals surface area contributed by atoms with Crippen LogP contribution in [0.5, 0.6) is 5.75 Å². The highest BCUT2D eigenvalue weighted by Gasteiger charge is 2.25. The minimum atomic E-state index is -1.27. The van der Waals surface area contributed by atoms with E-state index in [0.717, 1.165) is 0 Å². The van der Waals surface area contributed by atoms with Crippen LogP contribution in [0, 0.1) is 0 Å². The second-order valence-corrected chi connectivity index (χ2v) is 4.51. The predicted octanol–water partition coefficient (Wildman–Crippen LogP) is 0.222. The highest BCUT2D eigenvalue weighted by Crippen LogP contribution is 2.35. The average Bonchev–Trinajstić information content (AvgIpc) is 2.89. The number of carboxylic acids is 1.